The van der Waals surface area contributed by atoms with Gasteiger partial charge in [-0.15, -0.1) is 0 Å². The molecule has 0 heterocycles. The van der Waals surface area contributed by atoms with Gasteiger partial charge in [-0.1, -0.05) is 13.8 Å². The molecule has 0 amide bonds. The monoisotopic (exact) mass is 178 g/mol. The molecule has 2 heteroatoms. The van der Waals surface area contributed by atoms with E-state index in [9.17, 15) is 5.26 Å². The van der Waals surface area contributed by atoms with E-state index in [2.05, 4.69) is 32.2 Å². The molecule has 0 aliphatic heterocycles. The van der Waals surface area contributed by atoms with Crippen molar-refractivity contribution in [1.29, 1.82) is 5.26 Å². The molecule has 2 nitrogen and oxygen atoms in total. The van der Waals surface area contributed by atoms with E-state index in [-0.39, 0.29) is 5.54 Å². The van der Waals surface area contributed by atoms with Gasteiger partial charge in [-0.2, -0.15) is 5.26 Å². The van der Waals surface area contributed by atoms with Gasteiger partial charge in [0.1, 0.15) is 5.54 Å². The quantitative estimate of drug-likeness (QED) is 0.718. The molecule has 2 unspecified atom stereocenters. The van der Waals surface area contributed by atoms with Gasteiger partial charge in [0.2, 0.25) is 0 Å². The molecule has 1 N–H and O–H groups in total. The summed E-state index contributed by atoms with van der Waals surface area (Å²) in [4.78, 5) is 0. The molecule has 2 rings (SSSR count). The summed E-state index contributed by atoms with van der Waals surface area (Å²) in [5.41, 5.74) is 0.108. The number of nitrogens with one attached hydrogen (secondary N) is 1. The van der Waals surface area contributed by atoms with E-state index in [0.29, 0.717) is 17.4 Å². The van der Waals surface area contributed by atoms with Crippen LogP contribution in [0.4, 0.5) is 0 Å². The average Bonchev–Trinajstić information content (AvgIpc) is 2.90. The lowest BCUT2D eigenvalue weighted by molar-refractivity contribution is 0.346. The lowest BCUT2D eigenvalue weighted by atomic mass is 9.92. The number of rotatable bonds is 3. The van der Waals surface area contributed by atoms with Gasteiger partial charge in [0.25, 0.3) is 0 Å². The second-order valence-corrected chi connectivity index (χ2v) is 5.48. The molecule has 2 saturated carbocycles. The van der Waals surface area contributed by atoms with Crippen molar-refractivity contribution >= 4 is 0 Å². The third kappa shape index (κ3) is 1.58. The predicted octanol–water partition coefficient (Wildman–Crippen LogP) is 2.07. The van der Waals surface area contributed by atoms with E-state index in [4.69, 9.17) is 0 Å². The summed E-state index contributed by atoms with van der Waals surface area (Å²) in [6.45, 7) is 6.56. The van der Waals surface area contributed by atoms with Gasteiger partial charge >= 0.3 is 0 Å². The van der Waals surface area contributed by atoms with Crippen molar-refractivity contribution in [3.63, 3.8) is 0 Å². The first-order valence-corrected chi connectivity index (χ1v) is 5.17. The van der Waals surface area contributed by atoms with Crippen molar-refractivity contribution in [1.82, 2.24) is 5.32 Å². The highest BCUT2D eigenvalue weighted by Gasteiger charge is 2.57. The fourth-order valence-electron chi connectivity index (χ4n) is 2.32. The Labute approximate surface area is 80.3 Å². The molecule has 0 saturated heterocycles. The van der Waals surface area contributed by atoms with Gasteiger partial charge in [0, 0.05) is 6.04 Å². The average molecular weight is 178 g/mol. The Morgan fingerprint density at radius 1 is 1.46 bits per heavy atom. The van der Waals surface area contributed by atoms with Crippen molar-refractivity contribution < 1.29 is 0 Å². The lowest BCUT2D eigenvalue weighted by Gasteiger charge is -2.25. The highest BCUT2D eigenvalue weighted by molar-refractivity contribution is 5.20. The summed E-state index contributed by atoms with van der Waals surface area (Å²) in [5.74, 6) is 0.547. The predicted molar refractivity (Wildman–Crippen MR) is 52.1 cm³/mol. The van der Waals surface area contributed by atoms with Crippen LogP contribution in [0.15, 0.2) is 0 Å². The van der Waals surface area contributed by atoms with E-state index in [1.807, 2.05) is 0 Å². The van der Waals surface area contributed by atoms with E-state index >= 15 is 0 Å². The summed E-state index contributed by atoms with van der Waals surface area (Å²) >= 11 is 0. The molecule has 13 heavy (non-hydrogen) atoms. The molecule has 2 aliphatic carbocycles. The topological polar surface area (TPSA) is 35.8 Å². The molecular weight excluding hydrogens is 160 g/mol. The van der Waals surface area contributed by atoms with Gasteiger partial charge in [-0.25, -0.2) is 0 Å². The maximum Gasteiger partial charge on any atom is 0.107 e. The SMILES string of the molecule is CC1(C)CC1C(C)(C#N)NC1CC1. The largest absolute Gasteiger partial charge is 0.297 e. The van der Waals surface area contributed by atoms with Crippen LogP contribution >= 0.6 is 0 Å². The molecule has 0 spiro atoms. The Kier molecular flexibility index (Phi) is 1.72. The van der Waals surface area contributed by atoms with Crippen LogP contribution in [0.1, 0.15) is 40.0 Å². The molecule has 2 fully saturated rings. The lowest BCUT2D eigenvalue weighted by Crippen LogP contribution is -2.45. The highest BCUT2D eigenvalue weighted by Crippen LogP contribution is 2.57. The zero-order valence-corrected chi connectivity index (χ0v) is 8.72. The molecule has 0 radical (unpaired) electrons. The summed E-state index contributed by atoms with van der Waals surface area (Å²) in [6, 6.07) is 3.08. The van der Waals surface area contributed by atoms with Crippen LogP contribution in [-0.2, 0) is 0 Å². The van der Waals surface area contributed by atoms with E-state index in [1.165, 1.54) is 19.3 Å². The first-order valence-electron chi connectivity index (χ1n) is 5.17. The fourth-order valence-corrected chi connectivity index (χ4v) is 2.32. The van der Waals surface area contributed by atoms with Crippen LogP contribution in [0.5, 0.6) is 0 Å². The molecular formula is C11H18N2. The second kappa shape index (κ2) is 2.48. The van der Waals surface area contributed by atoms with Gasteiger partial charge in [0.05, 0.1) is 6.07 Å². The van der Waals surface area contributed by atoms with Gasteiger partial charge in [-0.3, -0.25) is 5.32 Å². The second-order valence-electron chi connectivity index (χ2n) is 5.48. The Hall–Kier alpha value is -0.550. The van der Waals surface area contributed by atoms with Gasteiger partial charge in [-0.05, 0) is 37.5 Å². The Morgan fingerprint density at radius 3 is 2.31 bits per heavy atom. The molecule has 0 aromatic heterocycles. The minimum atomic E-state index is -0.273. The third-order valence-corrected chi connectivity index (χ3v) is 3.52. The van der Waals surface area contributed by atoms with E-state index in [0.717, 1.165) is 0 Å². The van der Waals surface area contributed by atoms with Crippen LogP contribution in [0, 0.1) is 22.7 Å². The van der Waals surface area contributed by atoms with Crippen molar-refractivity contribution in [2.45, 2.75) is 51.6 Å². The Morgan fingerprint density at radius 2 is 2.00 bits per heavy atom. The molecule has 72 valence electrons. The normalized spacial score (nSPS) is 34.8. The number of nitriles is 1. The maximum absolute atomic E-state index is 9.19. The van der Waals surface area contributed by atoms with Crippen LogP contribution in [0.3, 0.4) is 0 Å². The van der Waals surface area contributed by atoms with Crippen molar-refractivity contribution in [2.24, 2.45) is 11.3 Å². The molecule has 2 atom stereocenters. The van der Waals surface area contributed by atoms with E-state index in [1.54, 1.807) is 0 Å². The Bertz CT molecular complexity index is 260. The third-order valence-electron chi connectivity index (χ3n) is 3.52. The van der Waals surface area contributed by atoms with Gasteiger partial charge in [0.15, 0.2) is 0 Å². The molecule has 0 aromatic carbocycles. The maximum atomic E-state index is 9.19. The van der Waals surface area contributed by atoms with Crippen molar-refractivity contribution in [2.75, 3.05) is 0 Å². The summed E-state index contributed by atoms with van der Waals surface area (Å²) in [7, 11) is 0. The standard InChI is InChI=1S/C11H18N2/c1-10(2)6-9(10)11(3,7-12)13-8-4-5-8/h8-9,13H,4-6H2,1-3H3. The zero-order chi connectivity index (χ0) is 9.69. The number of hydrogen-bond acceptors (Lipinski definition) is 2. The Balaban J connectivity index is 2.03. The minimum Gasteiger partial charge on any atom is -0.297 e. The van der Waals surface area contributed by atoms with E-state index < -0.39 is 0 Å². The highest BCUT2D eigenvalue weighted by atomic mass is 15.1. The summed E-state index contributed by atoms with van der Waals surface area (Å²) < 4.78 is 0. The van der Waals surface area contributed by atoms with Crippen molar-refractivity contribution in [3.05, 3.63) is 0 Å². The summed E-state index contributed by atoms with van der Waals surface area (Å²) in [6.07, 6.45) is 3.70. The first-order chi connectivity index (χ1) is 5.98. The molecule has 0 bridgehead atoms. The van der Waals surface area contributed by atoms with Crippen LogP contribution < -0.4 is 5.32 Å². The number of nitrogens with zero attached hydrogens (tertiary/aromatic N) is 1. The minimum absolute atomic E-state index is 0.273. The zero-order valence-electron chi connectivity index (χ0n) is 8.72. The molecule has 0 aromatic rings. The number of hydrogen-bond donors (Lipinski definition) is 1. The van der Waals surface area contributed by atoms with Crippen LogP contribution in [-0.4, -0.2) is 11.6 Å². The van der Waals surface area contributed by atoms with Crippen LogP contribution in [0.2, 0.25) is 0 Å². The van der Waals surface area contributed by atoms with Crippen LogP contribution in [0.25, 0.3) is 0 Å². The smallest absolute Gasteiger partial charge is 0.107 e. The van der Waals surface area contributed by atoms with Gasteiger partial charge < -0.3 is 0 Å². The fraction of sp³-hybridized carbons (Fsp3) is 0.909. The summed E-state index contributed by atoms with van der Waals surface area (Å²) in [5, 5.41) is 12.7. The molecule has 2 aliphatic rings. The first kappa shape index (κ1) is 9.02. The van der Waals surface area contributed by atoms with Crippen molar-refractivity contribution in [3.8, 4) is 6.07 Å².